The molecule has 0 bridgehead atoms. The molecule has 2 rings (SSSR count). The first-order chi connectivity index (χ1) is 12.7. The van der Waals surface area contributed by atoms with Crippen molar-refractivity contribution in [2.45, 2.75) is 31.6 Å². The number of benzene rings is 1. The molecule has 1 aliphatic rings. The summed E-state index contributed by atoms with van der Waals surface area (Å²) < 4.78 is 0. The van der Waals surface area contributed by atoms with Crippen LogP contribution in [-0.2, 0) is 4.79 Å². The lowest BCUT2D eigenvalue weighted by atomic mass is 9.96. The lowest BCUT2D eigenvalue weighted by Gasteiger charge is -2.34. The molecule has 0 radical (unpaired) electrons. The summed E-state index contributed by atoms with van der Waals surface area (Å²) in [6.07, 6.45) is 4.26. The van der Waals surface area contributed by atoms with Gasteiger partial charge in [-0.2, -0.15) is 0 Å². The number of nitrogens with zero attached hydrogens (tertiary/aromatic N) is 2. The van der Waals surface area contributed by atoms with Crippen molar-refractivity contribution in [3.63, 3.8) is 0 Å². The van der Waals surface area contributed by atoms with Crippen molar-refractivity contribution in [2.24, 2.45) is 5.92 Å². The fraction of sp³-hybridized carbons (Fsp3) is 0.571. The average molecular weight is 376 g/mol. The molecule has 1 aromatic rings. The number of thioether (sulfide) groups is 1. The minimum atomic E-state index is 0.0823. The van der Waals surface area contributed by atoms with Gasteiger partial charge < -0.3 is 10.2 Å². The molecule has 0 aromatic heterocycles. The number of rotatable bonds is 10. The zero-order chi connectivity index (χ0) is 18.8. The van der Waals surface area contributed by atoms with Crippen molar-refractivity contribution in [1.29, 1.82) is 0 Å². The molecular weight excluding hydrogens is 342 g/mol. The van der Waals surface area contributed by atoms with Gasteiger partial charge >= 0.3 is 0 Å². The number of anilines is 1. The molecule has 1 saturated heterocycles. The van der Waals surface area contributed by atoms with Crippen LogP contribution in [-0.4, -0.2) is 60.7 Å². The van der Waals surface area contributed by atoms with Crippen LogP contribution in [0.2, 0.25) is 0 Å². The van der Waals surface area contributed by atoms with E-state index in [0.717, 1.165) is 48.4 Å². The van der Waals surface area contributed by atoms with Crippen molar-refractivity contribution >= 4 is 23.4 Å². The maximum absolute atomic E-state index is 12.5. The number of carbonyl (C=O) groups excluding carboxylic acids is 1. The molecule has 0 atom stereocenters. The number of hydrogen-bond donors (Lipinski definition) is 1. The molecule has 26 heavy (non-hydrogen) atoms. The van der Waals surface area contributed by atoms with Gasteiger partial charge in [0.2, 0.25) is 5.91 Å². The largest absolute Gasteiger partial charge is 0.324 e. The first-order valence-corrected chi connectivity index (χ1v) is 10.7. The van der Waals surface area contributed by atoms with Crippen LogP contribution in [0.5, 0.6) is 0 Å². The third-order valence-electron chi connectivity index (χ3n) is 5.00. The van der Waals surface area contributed by atoms with Crippen LogP contribution in [0, 0.1) is 5.92 Å². The smallest absolute Gasteiger partial charge is 0.238 e. The van der Waals surface area contributed by atoms with E-state index in [0.29, 0.717) is 6.54 Å². The molecule has 4 nitrogen and oxygen atoms in total. The minimum absolute atomic E-state index is 0.0823. The lowest BCUT2D eigenvalue weighted by molar-refractivity contribution is -0.117. The molecule has 0 saturated carbocycles. The SMILES string of the molecule is C=CCSc1ccccc1NC(=O)CN1CCC(CN(CC)CC)CC1. The zero-order valence-electron chi connectivity index (χ0n) is 16.2. The van der Waals surface area contributed by atoms with Crippen molar-refractivity contribution < 1.29 is 4.79 Å². The standard InChI is InChI=1S/C21H33N3OS/c1-4-15-26-20-10-8-7-9-19(20)22-21(25)17-24-13-11-18(12-14-24)16-23(5-2)6-3/h4,7-10,18H,1,5-6,11-17H2,2-3H3,(H,22,25). The molecule has 0 unspecified atom stereocenters. The fourth-order valence-electron chi connectivity index (χ4n) is 3.41. The van der Waals surface area contributed by atoms with E-state index >= 15 is 0 Å². The highest BCUT2D eigenvalue weighted by Crippen LogP contribution is 2.27. The van der Waals surface area contributed by atoms with Crippen LogP contribution >= 0.6 is 11.8 Å². The molecule has 5 heteroatoms. The van der Waals surface area contributed by atoms with Gasteiger partial charge in [0, 0.05) is 17.2 Å². The van der Waals surface area contributed by atoms with E-state index in [1.165, 1.54) is 19.4 Å². The maximum Gasteiger partial charge on any atom is 0.238 e. The van der Waals surface area contributed by atoms with Gasteiger partial charge in [0.1, 0.15) is 0 Å². The zero-order valence-corrected chi connectivity index (χ0v) is 17.1. The van der Waals surface area contributed by atoms with Gasteiger partial charge in [-0.15, -0.1) is 18.3 Å². The third kappa shape index (κ3) is 6.78. The summed E-state index contributed by atoms with van der Waals surface area (Å²) in [5.74, 6) is 1.69. The minimum Gasteiger partial charge on any atom is -0.324 e. The topological polar surface area (TPSA) is 35.6 Å². The first kappa shape index (κ1) is 21.0. The van der Waals surface area contributed by atoms with Crippen molar-refractivity contribution in [3.05, 3.63) is 36.9 Å². The van der Waals surface area contributed by atoms with Crippen LogP contribution in [0.15, 0.2) is 41.8 Å². The molecule has 1 aliphatic heterocycles. The van der Waals surface area contributed by atoms with Crippen LogP contribution in [0.3, 0.4) is 0 Å². The van der Waals surface area contributed by atoms with Gasteiger partial charge in [-0.1, -0.05) is 32.1 Å². The first-order valence-electron chi connectivity index (χ1n) is 9.73. The molecule has 144 valence electrons. The van der Waals surface area contributed by atoms with E-state index in [9.17, 15) is 4.79 Å². The molecule has 0 aliphatic carbocycles. The number of para-hydroxylation sites is 1. The van der Waals surface area contributed by atoms with Gasteiger partial charge in [-0.3, -0.25) is 9.69 Å². The number of likely N-dealkylation sites (tertiary alicyclic amines) is 1. The Bertz CT molecular complexity index is 566. The lowest BCUT2D eigenvalue weighted by Crippen LogP contribution is -2.42. The van der Waals surface area contributed by atoms with E-state index < -0.39 is 0 Å². The summed E-state index contributed by atoms with van der Waals surface area (Å²) >= 11 is 1.69. The van der Waals surface area contributed by atoms with E-state index in [2.05, 4.69) is 35.5 Å². The van der Waals surface area contributed by atoms with Gasteiger partial charge in [0.05, 0.1) is 12.2 Å². The van der Waals surface area contributed by atoms with Gasteiger partial charge in [0.15, 0.2) is 0 Å². The quantitative estimate of drug-likeness (QED) is 0.496. The average Bonchev–Trinajstić information content (AvgIpc) is 2.66. The summed E-state index contributed by atoms with van der Waals surface area (Å²) in [6, 6.07) is 7.98. The molecule has 1 N–H and O–H groups in total. The van der Waals surface area contributed by atoms with Crippen molar-refractivity contribution in [1.82, 2.24) is 9.80 Å². The summed E-state index contributed by atoms with van der Waals surface area (Å²) in [5, 5.41) is 3.08. The summed E-state index contributed by atoms with van der Waals surface area (Å²) in [4.78, 5) is 18.4. The number of carbonyl (C=O) groups is 1. The number of hydrogen-bond acceptors (Lipinski definition) is 4. The molecule has 1 aromatic carbocycles. The molecular formula is C21H33N3OS. The Balaban J connectivity index is 1.78. The predicted molar refractivity (Wildman–Crippen MR) is 113 cm³/mol. The summed E-state index contributed by atoms with van der Waals surface area (Å²) in [6.45, 7) is 14.2. The van der Waals surface area contributed by atoms with Crippen LogP contribution < -0.4 is 5.32 Å². The molecule has 1 amide bonds. The molecule has 1 fully saturated rings. The summed E-state index contributed by atoms with van der Waals surface area (Å²) in [7, 11) is 0. The highest BCUT2D eigenvalue weighted by atomic mass is 32.2. The Labute approximate surface area is 163 Å². The Morgan fingerprint density at radius 3 is 2.65 bits per heavy atom. The van der Waals surface area contributed by atoms with Gasteiger partial charge in [0.25, 0.3) is 0 Å². The number of amides is 1. The van der Waals surface area contributed by atoms with Crippen LogP contribution in [0.25, 0.3) is 0 Å². The van der Waals surface area contributed by atoms with E-state index in [4.69, 9.17) is 0 Å². The Kier molecular flexibility index (Phi) is 9.23. The van der Waals surface area contributed by atoms with Crippen molar-refractivity contribution in [3.8, 4) is 0 Å². The van der Waals surface area contributed by atoms with Crippen LogP contribution in [0.4, 0.5) is 5.69 Å². The second kappa shape index (κ2) is 11.4. The Morgan fingerprint density at radius 2 is 2.00 bits per heavy atom. The second-order valence-corrected chi connectivity index (χ2v) is 7.91. The fourth-order valence-corrected chi connectivity index (χ4v) is 4.16. The normalized spacial score (nSPS) is 16.0. The van der Waals surface area contributed by atoms with E-state index in [1.54, 1.807) is 11.8 Å². The number of piperidine rings is 1. The molecule has 0 spiro atoms. The highest BCUT2D eigenvalue weighted by molar-refractivity contribution is 7.99. The second-order valence-electron chi connectivity index (χ2n) is 6.85. The summed E-state index contributed by atoms with van der Waals surface area (Å²) in [5.41, 5.74) is 0.903. The van der Waals surface area contributed by atoms with E-state index in [1.807, 2.05) is 30.3 Å². The Hall–Kier alpha value is -1.30. The third-order valence-corrected chi connectivity index (χ3v) is 6.07. The van der Waals surface area contributed by atoms with E-state index in [-0.39, 0.29) is 5.91 Å². The number of nitrogens with one attached hydrogen (secondary N) is 1. The predicted octanol–water partition coefficient (Wildman–Crippen LogP) is 3.96. The maximum atomic E-state index is 12.5. The van der Waals surface area contributed by atoms with Gasteiger partial charge in [-0.25, -0.2) is 0 Å². The van der Waals surface area contributed by atoms with Crippen molar-refractivity contribution in [2.75, 3.05) is 50.3 Å². The van der Waals surface area contributed by atoms with Crippen LogP contribution in [0.1, 0.15) is 26.7 Å². The molecule has 1 heterocycles. The van der Waals surface area contributed by atoms with Gasteiger partial charge in [-0.05, 0) is 57.1 Å². The highest BCUT2D eigenvalue weighted by Gasteiger charge is 2.22. The monoisotopic (exact) mass is 375 g/mol. The Morgan fingerprint density at radius 1 is 1.31 bits per heavy atom.